The number of primary amides is 1. The number of ether oxygens (including phenoxy) is 1. The molecule has 0 aromatic heterocycles. The molecule has 1 aliphatic rings. The zero-order valence-corrected chi connectivity index (χ0v) is 13.5. The molecule has 1 heterocycles. The molecule has 2 rings (SSSR count). The standard InChI is InChI=1S/C12H14Cl2N2O4S/c1-7-11(12(15)17)16(4-5-20-7)21(18,19)10-3-2-8(13)6-9(10)14/h2-3,6-7,11H,4-5H2,1H3,(H2,15,17)/t7-,11+/m1/s1. The lowest BCUT2D eigenvalue weighted by atomic mass is 10.1. The summed E-state index contributed by atoms with van der Waals surface area (Å²) in [6.45, 7) is 1.80. The first-order chi connectivity index (χ1) is 9.75. The number of carbonyl (C=O) groups excluding carboxylic acids is 1. The van der Waals surface area contributed by atoms with E-state index < -0.39 is 28.1 Å². The quantitative estimate of drug-likeness (QED) is 0.886. The van der Waals surface area contributed by atoms with Crippen molar-refractivity contribution in [2.45, 2.75) is 24.0 Å². The Kier molecular flexibility index (Phi) is 4.79. The second-order valence-electron chi connectivity index (χ2n) is 4.61. The van der Waals surface area contributed by atoms with Crippen molar-refractivity contribution in [2.24, 2.45) is 5.73 Å². The molecule has 1 fully saturated rings. The molecule has 1 amide bonds. The molecule has 2 N–H and O–H groups in total. The first-order valence-electron chi connectivity index (χ1n) is 6.13. The summed E-state index contributed by atoms with van der Waals surface area (Å²) in [6.07, 6.45) is -0.628. The molecule has 1 aromatic carbocycles. The summed E-state index contributed by atoms with van der Waals surface area (Å²) in [7, 11) is -3.97. The number of nitrogens with two attached hydrogens (primary N) is 1. The molecule has 2 atom stereocenters. The minimum atomic E-state index is -3.97. The molecule has 0 radical (unpaired) electrons. The van der Waals surface area contributed by atoms with Gasteiger partial charge in [0.05, 0.1) is 17.7 Å². The van der Waals surface area contributed by atoms with Gasteiger partial charge in [-0.25, -0.2) is 8.42 Å². The van der Waals surface area contributed by atoms with Crippen molar-refractivity contribution >= 4 is 39.1 Å². The molecule has 1 aromatic rings. The molecule has 0 saturated carbocycles. The average molecular weight is 353 g/mol. The van der Waals surface area contributed by atoms with E-state index in [9.17, 15) is 13.2 Å². The number of amides is 1. The number of benzene rings is 1. The van der Waals surface area contributed by atoms with Crippen molar-refractivity contribution < 1.29 is 17.9 Å². The van der Waals surface area contributed by atoms with E-state index in [2.05, 4.69) is 0 Å². The molecule has 21 heavy (non-hydrogen) atoms. The fourth-order valence-corrected chi connectivity index (χ4v) is 4.63. The third kappa shape index (κ3) is 3.17. The van der Waals surface area contributed by atoms with Gasteiger partial charge in [-0.1, -0.05) is 23.2 Å². The lowest BCUT2D eigenvalue weighted by Gasteiger charge is -2.36. The zero-order valence-electron chi connectivity index (χ0n) is 11.1. The second kappa shape index (κ2) is 6.10. The molecule has 1 saturated heterocycles. The highest BCUT2D eigenvalue weighted by Gasteiger charge is 2.42. The van der Waals surface area contributed by atoms with Crippen LogP contribution in [0.15, 0.2) is 23.1 Å². The van der Waals surface area contributed by atoms with Gasteiger partial charge in [0.15, 0.2) is 0 Å². The normalized spacial score (nSPS) is 24.0. The number of hydrogen-bond donors (Lipinski definition) is 1. The maximum Gasteiger partial charge on any atom is 0.245 e. The minimum absolute atomic E-state index is 0.00938. The van der Waals surface area contributed by atoms with Gasteiger partial charge in [0.25, 0.3) is 0 Å². The van der Waals surface area contributed by atoms with E-state index >= 15 is 0 Å². The number of halogens is 2. The summed E-state index contributed by atoms with van der Waals surface area (Å²) in [5, 5.41) is 0.311. The van der Waals surface area contributed by atoms with Gasteiger partial charge in [0.1, 0.15) is 10.9 Å². The van der Waals surface area contributed by atoms with Gasteiger partial charge in [0.2, 0.25) is 15.9 Å². The summed E-state index contributed by atoms with van der Waals surface area (Å²) >= 11 is 11.7. The predicted octanol–water partition coefficient (Wildman–Crippen LogP) is 1.26. The Hall–Kier alpha value is -0.860. The lowest BCUT2D eigenvalue weighted by molar-refractivity contribution is -0.130. The molecular weight excluding hydrogens is 339 g/mol. The summed E-state index contributed by atoms with van der Waals surface area (Å²) < 4.78 is 31.8. The van der Waals surface area contributed by atoms with Crippen LogP contribution in [0.1, 0.15) is 6.92 Å². The molecule has 6 nitrogen and oxygen atoms in total. The van der Waals surface area contributed by atoms with Crippen LogP contribution >= 0.6 is 23.2 Å². The highest BCUT2D eigenvalue weighted by Crippen LogP contribution is 2.30. The van der Waals surface area contributed by atoms with Crippen LogP contribution in [0.5, 0.6) is 0 Å². The summed E-state index contributed by atoms with van der Waals surface area (Å²) in [5.41, 5.74) is 5.31. The first-order valence-corrected chi connectivity index (χ1v) is 8.32. The monoisotopic (exact) mass is 352 g/mol. The van der Waals surface area contributed by atoms with Crippen molar-refractivity contribution in [3.8, 4) is 0 Å². The zero-order chi connectivity index (χ0) is 15.8. The van der Waals surface area contributed by atoms with Gasteiger partial charge < -0.3 is 10.5 Å². The number of morpholine rings is 1. The van der Waals surface area contributed by atoms with Crippen LogP contribution in [-0.2, 0) is 19.6 Å². The highest BCUT2D eigenvalue weighted by atomic mass is 35.5. The Balaban J connectivity index is 2.48. The van der Waals surface area contributed by atoms with Gasteiger partial charge in [-0.2, -0.15) is 4.31 Å². The van der Waals surface area contributed by atoms with E-state index in [1.807, 2.05) is 0 Å². The third-order valence-corrected chi connectivity index (χ3v) is 5.82. The fraction of sp³-hybridized carbons (Fsp3) is 0.417. The number of rotatable bonds is 3. The number of nitrogens with zero attached hydrogens (tertiary/aromatic N) is 1. The number of hydrogen-bond acceptors (Lipinski definition) is 4. The van der Waals surface area contributed by atoms with E-state index in [0.717, 1.165) is 4.31 Å². The SMILES string of the molecule is C[C@H]1OCCN(S(=O)(=O)c2ccc(Cl)cc2Cl)[C@@H]1C(N)=O. The van der Waals surface area contributed by atoms with Crippen molar-refractivity contribution in [1.82, 2.24) is 4.31 Å². The van der Waals surface area contributed by atoms with E-state index in [-0.39, 0.29) is 23.1 Å². The maximum atomic E-state index is 12.7. The van der Waals surface area contributed by atoms with Gasteiger partial charge in [-0.05, 0) is 25.1 Å². The molecule has 0 bridgehead atoms. The van der Waals surface area contributed by atoms with E-state index in [1.54, 1.807) is 6.92 Å². The number of sulfonamides is 1. The van der Waals surface area contributed by atoms with Crippen molar-refractivity contribution in [1.29, 1.82) is 0 Å². The molecule has 0 aliphatic carbocycles. The summed E-state index contributed by atoms with van der Waals surface area (Å²) in [6, 6.07) is 2.98. The summed E-state index contributed by atoms with van der Waals surface area (Å²) in [5.74, 6) is -0.768. The minimum Gasteiger partial charge on any atom is -0.375 e. The first kappa shape index (κ1) is 16.5. The van der Waals surface area contributed by atoms with Gasteiger partial charge in [-0.15, -0.1) is 0 Å². The van der Waals surface area contributed by atoms with Crippen LogP contribution in [0.25, 0.3) is 0 Å². The van der Waals surface area contributed by atoms with Crippen molar-refractivity contribution in [3.05, 3.63) is 28.2 Å². The molecule has 0 unspecified atom stereocenters. The molecule has 9 heteroatoms. The summed E-state index contributed by atoms with van der Waals surface area (Å²) in [4.78, 5) is 11.5. The Bertz CT molecular complexity index is 665. The predicted molar refractivity (Wildman–Crippen MR) is 78.8 cm³/mol. The lowest BCUT2D eigenvalue weighted by Crippen LogP contribution is -2.58. The van der Waals surface area contributed by atoms with E-state index in [4.69, 9.17) is 33.7 Å². The largest absolute Gasteiger partial charge is 0.375 e. The van der Waals surface area contributed by atoms with Gasteiger partial charge in [0, 0.05) is 11.6 Å². The molecular formula is C12H14Cl2N2O4S. The van der Waals surface area contributed by atoms with Crippen LogP contribution in [0.4, 0.5) is 0 Å². The fourth-order valence-electron chi connectivity index (χ4n) is 2.25. The maximum absolute atomic E-state index is 12.7. The van der Waals surface area contributed by atoms with Gasteiger partial charge >= 0.3 is 0 Å². The van der Waals surface area contributed by atoms with Gasteiger partial charge in [-0.3, -0.25) is 4.79 Å². The smallest absolute Gasteiger partial charge is 0.245 e. The molecule has 0 spiro atoms. The van der Waals surface area contributed by atoms with Crippen molar-refractivity contribution in [2.75, 3.05) is 13.2 Å². The Labute approximate surface area is 132 Å². The molecule has 116 valence electrons. The van der Waals surface area contributed by atoms with Crippen molar-refractivity contribution in [3.63, 3.8) is 0 Å². The van der Waals surface area contributed by atoms with Crippen LogP contribution in [0.3, 0.4) is 0 Å². The van der Waals surface area contributed by atoms with Crippen LogP contribution < -0.4 is 5.73 Å². The molecule has 1 aliphatic heterocycles. The Morgan fingerprint density at radius 1 is 1.43 bits per heavy atom. The highest BCUT2D eigenvalue weighted by molar-refractivity contribution is 7.89. The third-order valence-electron chi connectivity index (χ3n) is 3.22. The average Bonchev–Trinajstić information content (AvgIpc) is 2.37. The second-order valence-corrected chi connectivity index (χ2v) is 7.32. The topological polar surface area (TPSA) is 89.7 Å². The van der Waals surface area contributed by atoms with Crippen LogP contribution in [-0.4, -0.2) is 43.9 Å². The van der Waals surface area contributed by atoms with Crippen LogP contribution in [0, 0.1) is 0 Å². The number of carbonyl (C=O) groups is 1. The van der Waals surface area contributed by atoms with E-state index in [0.29, 0.717) is 5.02 Å². The van der Waals surface area contributed by atoms with E-state index in [1.165, 1.54) is 18.2 Å². The Morgan fingerprint density at radius 2 is 2.10 bits per heavy atom. The Morgan fingerprint density at radius 3 is 2.67 bits per heavy atom. The van der Waals surface area contributed by atoms with Crippen LogP contribution in [0.2, 0.25) is 10.0 Å².